The van der Waals surface area contributed by atoms with Gasteiger partial charge in [0.25, 0.3) is 0 Å². The number of aromatic nitrogens is 4. The summed E-state index contributed by atoms with van der Waals surface area (Å²) in [4.78, 5) is 25.4. The molecule has 3 heterocycles. The molecule has 0 radical (unpaired) electrons. The number of nitrogens with two attached hydrogens (primary N) is 1. The summed E-state index contributed by atoms with van der Waals surface area (Å²) in [7, 11) is 0. The molecule has 2 aromatic rings. The Balaban J connectivity index is 1.41. The van der Waals surface area contributed by atoms with E-state index in [0.717, 1.165) is 6.42 Å². The lowest BCUT2D eigenvalue weighted by molar-refractivity contribution is 0.106. The molecular weight excluding hydrogens is 303 g/mol. The average Bonchev–Trinajstić information content (AvgIpc) is 3.14. The molecule has 0 unspecified atom stereocenters. The number of aryl methyl sites for hydroxylation is 1. The van der Waals surface area contributed by atoms with Crippen molar-refractivity contribution in [3.63, 3.8) is 0 Å². The van der Waals surface area contributed by atoms with Gasteiger partial charge in [-0.15, -0.1) is 0 Å². The zero-order valence-electron chi connectivity index (χ0n) is 12.7. The molecule has 8 nitrogen and oxygen atoms in total. The fraction of sp³-hybridized carbons (Fsp3) is 0.571. The van der Waals surface area contributed by atoms with Crippen LogP contribution in [0.15, 0.2) is 12.7 Å². The summed E-state index contributed by atoms with van der Waals surface area (Å²) in [5.74, 6) is 0.361. The van der Waals surface area contributed by atoms with E-state index in [2.05, 4.69) is 15.0 Å². The lowest BCUT2D eigenvalue weighted by Crippen LogP contribution is -2.29. The molecule has 1 aliphatic heterocycles. The predicted octanol–water partition coefficient (Wildman–Crippen LogP) is 1.37. The zero-order chi connectivity index (χ0) is 16.2. The fourth-order valence-electron chi connectivity index (χ4n) is 2.58. The number of fused-ring (bicyclic) bond motifs is 1. The summed E-state index contributed by atoms with van der Waals surface area (Å²) in [6.07, 6.45) is 3.63. The molecule has 124 valence electrons. The van der Waals surface area contributed by atoms with E-state index in [9.17, 15) is 9.18 Å². The molecule has 1 fully saturated rings. The number of unbranched alkanes of at least 4 members (excludes halogenated alkanes) is 1. The Kier molecular flexibility index (Phi) is 4.54. The number of hydrogen-bond acceptors (Lipinski definition) is 6. The highest BCUT2D eigenvalue weighted by Crippen LogP contribution is 2.15. The van der Waals surface area contributed by atoms with Gasteiger partial charge in [-0.1, -0.05) is 0 Å². The number of halogens is 1. The van der Waals surface area contributed by atoms with Crippen molar-refractivity contribution in [2.24, 2.45) is 0 Å². The lowest BCUT2D eigenvalue weighted by atomic mass is 10.3. The maximum atomic E-state index is 13.0. The van der Waals surface area contributed by atoms with Gasteiger partial charge in [0.2, 0.25) is 0 Å². The van der Waals surface area contributed by atoms with Crippen molar-refractivity contribution < 1.29 is 13.9 Å². The maximum Gasteiger partial charge on any atom is 0.409 e. The topological polar surface area (TPSA) is 99.2 Å². The van der Waals surface area contributed by atoms with Gasteiger partial charge in [0, 0.05) is 13.1 Å². The van der Waals surface area contributed by atoms with Crippen LogP contribution in [0.2, 0.25) is 0 Å². The predicted molar refractivity (Wildman–Crippen MR) is 81.4 cm³/mol. The summed E-state index contributed by atoms with van der Waals surface area (Å²) in [6.45, 7) is 1.58. The van der Waals surface area contributed by atoms with E-state index in [1.165, 1.54) is 11.2 Å². The second-order valence-electron chi connectivity index (χ2n) is 5.52. The number of likely N-dealkylation sites (tertiary alicyclic amines) is 1. The second-order valence-corrected chi connectivity index (χ2v) is 5.52. The lowest BCUT2D eigenvalue weighted by Gasteiger charge is -2.15. The summed E-state index contributed by atoms with van der Waals surface area (Å²) >= 11 is 0. The summed E-state index contributed by atoms with van der Waals surface area (Å²) < 4.78 is 20.1. The van der Waals surface area contributed by atoms with Gasteiger partial charge in [-0.3, -0.25) is 0 Å². The van der Waals surface area contributed by atoms with Crippen molar-refractivity contribution in [2.45, 2.75) is 32.0 Å². The molecule has 0 bridgehead atoms. The Morgan fingerprint density at radius 2 is 2.26 bits per heavy atom. The van der Waals surface area contributed by atoms with Gasteiger partial charge < -0.3 is 19.9 Å². The maximum absolute atomic E-state index is 13.0. The number of carbonyl (C=O) groups excluding carboxylic acids is 1. The second kappa shape index (κ2) is 6.76. The Labute approximate surface area is 132 Å². The van der Waals surface area contributed by atoms with E-state index in [0.29, 0.717) is 49.5 Å². The van der Waals surface area contributed by atoms with Gasteiger partial charge in [0.15, 0.2) is 11.5 Å². The van der Waals surface area contributed by atoms with E-state index in [1.807, 2.05) is 4.57 Å². The van der Waals surface area contributed by atoms with Crippen molar-refractivity contribution >= 4 is 23.1 Å². The van der Waals surface area contributed by atoms with Crippen molar-refractivity contribution in [3.05, 3.63) is 12.7 Å². The Bertz CT molecular complexity index is 691. The normalized spacial score (nSPS) is 17.8. The van der Waals surface area contributed by atoms with Crippen LogP contribution in [0.25, 0.3) is 11.2 Å². The molecule has 0 aliphatic carbocycles. The largest absolute Gasteiger partial charge is 0.449 e. The molecule has 0 spiro atoms. The molecule has 1 saturated heterocycles. The van der Waals surface area contributed by atoms with Crippen LogP contribution < -0.4 is 5.73 Å². The summed E-state index contributed by atoms with van der Waals surface area (Å²) in [5, 5.41) is 0. The van der Waals surface area contributed by atoms with Crippen LogP contribution in [-0.4, -0.2) is 56.4 Å². The summed E-state index contributed by atoms with van der Waals surface area (Å²) in [6, 6.07) is 0. The monoisotopic (exact) mass is 322 g/mol. The fourth-order valence-corrected chi connectivity index (χ4v) is 2.58. The number of anilines is 1. The Morgan fingerprint density at radius 3 is 3.04 bits per heavy atom. The van der Waals surface area contributed by atoms with E-state index < -0.39 is 12.3 Å². The van der Waals surface area contributed by atoms with Gasteiger partial charge >= 0.3 is 6.09 Å². The van der Waals surface area contributed by atoms with Crippen molar-refractivity contribution in [2.75, 3.05) is 25.4 Å². The highest BCUT2D eigenvalue weighted by atomic mass is 19.1. The smallest absolute Gasteiger partial charge is 0.409 e. The number of carbonyl (C=O) groups is 1. The Morgan fingerprint density at radius 1 is 1.39 bits per heavy atom. The van der Waals surface area contributed by atoms with E-state index >= 15 is 0 Å². The number of alkyl halides is 1. The first-order valence-corrected chi connectivity index (χ1v) is 7.62. The van der Waals surface area contributed by atoms with E-state index in [-0.39, 0.29) is 6.54 Å². The van der Waals surface area contributed by atoms with Gasteiger partial charge in [-0.05, 0) is 19.3 Å². The Hall–Kier alpha value is -2.45. The number of nitrogens with zero attached hydrogens (tertiary/aromatic N) is 5. The minimum Gasteiger partial charge on any atom is -0.449 e. The minimum atomic E-state index is -0.925. The molecular formula is C14H19FN6O2. The quantitative estimate of drug-likeness (QED) is 0.835. The molecule has 23 heavy (non-hydrogen) atoms. The molecule has 1 aliphatic rings. The first-order valence-electron chi connectivity index (χ1n) is 7.62. The van der Waals surface area contributed by atoms with Crippen molar-refractivity contribution in [3.8, 4) is 0 Å². The molecule has 0 saturated carbocycles. The van der Waals surface area contributed by atoms with E-state index in [4.69, 9.17) is 10.5 Å². The van der Waals surface area contributed by atoms with Gasteiger partial charge in [0.05, 0.1) is 19.5 Å². The minimum absolute atomic E-state index is 0.140. The van der Waals surface area contributed by atoms with Crippen LogP contribution in [0.4, 0.5) is 15.0 Å². The van der Waals surface area contributed by atoms with Crippen LogP contribution in [0.1, 0.15) is 19.3 Å². The van der Waals surface area contributed by atoms with Crippen LogP contribution >= 0.6 is 0 Å². The molecule has 0 aromatic carbocycles. The average molecular weight is 322 g/mol. The van der Waals surface area contributed by atoms with Crippen LogP contribution in [0.3, 0.4) is 0 Å². The first kappa shape index (κ1) is 15.4. The highest BCUT2D eigenvalue weighted by Gasteiger charge is 2.26. The third kappa shape index (κ3) is 3.49. The molecule has 3 rings (SSSR count). The number of imidazole rings is 1. The molecule has 1 atom stereocenters. The van der Waals surface area contributed by atoms with Gasteiger partial charge in [0.1, 0.15) is 18.0 Å². The van der Waals surface area contributed by atoms with Crippen LogP contribution in [0, 0.1) is 0 Å². The third-order valence-corrected chi connectivity index (χ3v) is 3.84. The van der Waals surface area contributed by atoms with Crippen molar-refractivity contribution in [1.29, 1.82) is 0 Å². The number of hydrogen-bond donors (Lipinski definition) is 1. The molecule has 2 aromatic heterocycles. The van der Waals surface area contributed by atoms with Crippen LogP contribution in [0.5, 0.6) is 0 Å². The molecule has 9 heteroatoms. The number of rotatable bonds is 5. The zero-order valence-corrected chi connectivity index (χ0v) is 12.7. The molecule has 1 amide bonds. The summed E-state index contributed by atoms with van der Waals surface area (Å²) in [5.41, 5.74) is 7.02. The number of nitrogen functional groups attached to an aromatic ring is 1. The number of ether oxygens (including phenoxy) is 1. The van der Waals surface area contributed by atoms with Crippen molar-refractivity contribution in [1.82, 2.24) is 24.4 Å². The standard InChI is InChI=1S/C14H19FN6O2/c15-10-3-5-20(7-10)14(22)23-6-2-1-4-21-9-19-11-12(16)17-8-18-13(11)21/h8-10H,1-7H2,(H2,16,17,18)/t10-/m0/s1. The third-order valence-electron chi connectivity index (χ3n) is 3.84. The SMILES string of the molecule is Nc1ncnc2c1ncn2CCCCOC(=O)N1CC[C@H](F)C1. The van der Waals surface area contributed by atoms with Crippen LogP contribution in [-0.2, 0) is 11.3 Å². The first-order chi connectivity index (χ1) is 11.1. The molecule has 2 N–H and O–H groups in total. The van der Waals surface area contributed by atoms with E-state index in [1.54, 1.807) is 6.33 Å². The highest BCUT2D eigenvalue weighted by molar-refractivity contribution is 5.81. The number of amides is 1. The van der Waals surface area contributed by atoms with Gasteiger partial charge in [-0.25, -0.2) is 24.1 Å². The van der Waals surface area contributed by atoms with Gasteiger partial charge in [-0.2, -0.15) is 0 Å².